The summed E-state index contributed by atoms with van der Waals surface area (Å²) in [5.41, 5.74) is 5.62. The first kappa shape index (κ1) is 17.0. The standard InChI is InChI=1S/C24H14O2S2/c27-23-12-17(15-7-3-1-4-8-15)19-11-20-18(16-9-5-2-6-10-16)13-24(28)26-22(20)14-21(19)25-23/h1-14H. The Kier molecular flexibility index (Phi) is 4.15. The van der Waals surface area contributed by atoms with E-state index in [0.29, 0.717) is 20.6 Å². The van der Waals surface area contributed by atoms with Crippen molar-refractivity contribution in [1.29, 1.82) is 0 Å². The van der Waals surface area contributed by atoms with Crippen LogP contribution in [0.4, 0.5) is 0 Å². The van der Waals surface area contributed by atoms with Crippen molar-refractivity contribution in [3.05, 3.63) is 94.3 Å². The van der Waals surface area contributed by atoms with Crippen LogP contribution in [0, 0.1) is 9.41 Å². The summed E-state index contributed by atoms with van der Waals surface area (Å²) in [4.78, 5) is 0. The third kappa shape index (κ3) is 2.97. The molecule has 0 saturated carbocycles. The van der Waals surface area contributed by atoms with Gasteiger partial charge < -0.3 is 8.83 Å². The maximum absolute atomic E-state index is 5.84. The predicted molar refractivity (Wildman–Crippen MR) is 119 cm³/mol. The van der Waals surface area contributed by atoms with Gasteiger partial charge in [-0.15, -0.1) is 0 Å². The van der Waals surface area contributed by atoms with E-state index in [2.05, 4.69) is 30.3 Å². The van der Waals surface area contributed by atoms with Crippen LogP contribution in [0.2, 0.25) is 0 Å². The highest BCUT2D eigenvalue weighted by Gasteiger charge is 2.13. The van der Waals surface area contributed by atoms with Gasteiger partial charge in [0.2, 0.25) is 0 Å². The SMILES string of the molecule is S=c1cc(-c2ccccc2)c2cc3c(-c4ccccc4)cc(=S)oc3cc2o1. The maximum atomic E-state index is 5.84. The molecule has 5 rings (SSSR count). The molecule has 4 heteroatoms. The highest BCUT2D eigenvalue weighted by molar-refractivity contribution is 7.71. The van der Waals surface area contributed by atoms with Crippen molar-refractivity contribution in [3.63, 3.8) is 0 Å². The maximum Gasteiger partial charge on any atom is 0.191 e. The molecule has 0 amide bonds. The second-order valence-electron chi connectivity index (χ2n) is 6.53. The molecule has 0 spiro atoms. The van der Waals surface area contributed by atoms with E-state index in [0.717, 1.165) is 33.0 Å². The Labute approximate surface area is 171 Å². The molecule has 3 aromatic carbocycles. The van der Waals surface area contributed by atoms with Gasteiger partial charge in [0, 0.05) is 29.0 Å². The summed E-state index contributed by atoms with van der Waals surface area (Å²) in [6.45, 7) is 0. The molecule has 0 aliphatic carbocycles. The first-order chi connectivity index (χ1) is 13.7. The van der Waals surface area contributed by atoms with Crippen LogP contribution < -0.4 is 0 Å². The minimum absolute atomic E-state index is 0.434. The highest BCUT2D eigenvalue weighted by Crippen LogP contribution is 2.36. The molecule has 0 radical (unpaired) electrons. The smallest absolute Gasteiger partial charge is 0.191 e. The van der Waals surface area contributed by atoms with Gasteiger partial charge in [0.1, 0.15) is 11.2 Å². The number of fused-ring (bicyclic) bond motifs is 2. The normalized spacial score (nSPS) is 11.1. The molecule has 0 N–H and O–H groups in total. The summed E-state index contributed by atoms with van der Waals surface area (Å²) in [7, 11) is 0. The van der Waals surface area contributed by atoms with Crippen LogP contribution in [0.1, 0.15) is 0 Å². The summed E-state index contributed by atoms with van der Waals surface area (Å²) in [6, 6.07) is 28.2. The van der Waals surface area contributed by atoms with E-state index < -0.39 is 0 Å². The van der Waals surface area contributed by atoms with Gasteiger partial charge in [-0.2, -0.15) is 0 Å². The molecule has 2 aromatic heterocycles. The van der Waals surface area contributed by atoms with Gasteiger partial charge in [0.05, 0.1) is 0 Å². The van der Waals surface area contributed by atoms with Crippen molar-refractivity contribution in [2.45, 2.75) is 0 Å². The monoisotopic (exact) mass is 398 g/mol. The molecular weight excluding hydrogens is 384 g/mol. The van der Waals surface area contributed by atoms with Gasteiger partial charge in [0.15, 0.2) is 9.41 Å². The zero-order valence-electron chi connectivity index (χ0n) is 14.7. The summed E-state index contributed by atoms with van der Waals surface area (Å²) < 4.78 is 12.5. The van der Waals surface area contributed by atoms with Crippen molar-refractivity contribution in [2.24, 2.45) is 0 Å². The predicted octanol–water partition coefficient (Wildman–Crippen LogP) is 7.97. The van der Waals surface area contributed by atoms with E-state index in [1.807, 2.05) is 54.6 Å². The molecule has 0 fully saturated rings. The quantitative estimate of drug-likeness (QED) is 0.222. The molecule has 0 aliphatic heterocycles. The third-order valence-electron chi connectivity index (χ3n) is 4.78. The van der Waals surface area contributed by atoms with E-state index in [-0.39, 0.29) is 0 Å². The largest absolute Gasteiger partial charge is 0.445 e. The van der Waals surface area contributed by atoms with Gasteiger partial charge in [-0.25, -0.2) is 0 Å². The van der Waals surface area contributed by atoms with E-state index in [4.69, 9.17) is 33.3 Å². The lowest BCUT2D eigenvalue weighted by atomic mass is 9.97. The van der Waals surface area contributed by atoms with Gasteiger partial charge in [-0.1, -0.05) is 60.7 Å². The zero-order chi connectivity index (χ0) is 19.1. The Morgan fingerprint density at radius 3 is 1.36 bits per heavy atom. The van der Waals surface area contributed by atoms with E-state index in [1.54, 1.807) is 0 Å². The fourth-order valence-corrected chi connectivity index (χ4v) is 3.95. The minimum Gasteiger partial charge on any atom is -0.445 e. The van der Waals surface area contributed by atoms with E-state index in [9.17, 15) is 0 Å². The molecular formula is C24H14O2S2. The zero-order valence-corrected chi connectivity index (χ0v) is 16.3. The second-order valence-corrected chi connectivity index (χ2v) is 7.34. The van der Waals surface area contributed by atoms with Crippen molar-refractivity contribution < 1.29 is 8.83 Å². The van der Waals surface area contributed by atoms with Crippen LogP contribution in [0.25, 0.3) is 44.2 Å². The average molecular weight is 399 g/mol. The van der Waals surface area contributed by atoms with Gasteiger partial charge in [0.25, 0.3) is 0 Å². The van der Waals surface area contributed by atoms with E-state index >= 15 is 0 Å². The number of hydrogen-bond donors (Lipinski definition) is 0. The Bertz CT molecular complexity index is 1320. The van der Waals surface area contributed by atoms with E-state index in [1.165, 1.54) is 0 Å². The van der Waals surface area contributed by atoms with Crippen molar-refractivity contribution in [2.75, 3.05) is 0 Å². The summed E-state index contributed by atoms with van der Waals surface area (Å²) >= 11 is 10.7. The van der Waals surface area contributed by atoms with Crippen LogP contribution in [0.15, 0.2) is 93.8 Å². The van der Waals surface area contributed by atoms with Gasteiger partial charge >= 0.3 is 0 Å². The Morgan fingerprint density at radius 1 is 0.500 bits per heavy atom. The number of rotatable bonds is 2. The molecule has 5 aromatic rings. The molecule has 0 bridgehead atoms. The van der Waals surface area contributed by atoms with Crippen LogP contribution >= 0.6 is 24.4 Å². The van der Waals surface area contributed by atoms with Crippen molar-refractivity contribution in [1.82, 2.24) is 0 Å². The minimum atomic E-state index is 0.434. The van der Waals surface area contributed by atoms with Crippen molar-refractivity contribution >= 4 is 46.4 Å². The molecule has 134 valence electrons. The van der Waals surface area contributed by atoms with Gasteiger partial charge in [-0.05, 0) is 52.8 Å². The summed E-state index contributed by atoms with van der Waals surface area (Å²) in [6.07, 6.45) is 0. The first-order valence-corrected chi connectivity index (χ1v) is 9.67. The topological polar surface area (TPSA) is 26.3 Å². The van der Waals surface area contributed by atoms with Crippen LogP contribution in [-0.2, 0) is 0 Å². The fourth-order valence-electron chi connectivity index (χ4n) is 3.53. The Hall–Kier alpha value is -3.08. The third-order valence-corrected chi connectivity index (χ3v) is 5.18. The van der Waals surface area contributed by atoms with Crippen LogP contribution in [-0.4, -0.2) is 0 Å². The second kappa shape index (κ2) is 6.82. The summed E-state index contributed by atoms with van der Waals surface area (Å²) in [5.74, 6) is 0. The Balaban J connectivity index is 1.92. The lowest BCUT2D eigenvalue weighted by Gasteiger charge is -2.10. The number of hydrogen-bond acceptors (Lipinski definition) is 4. The summed E-state index contributed by atoms with van der Waals surface area (Å²) in [5, 5.41) is 1.97. The van der Waals surface area contributed by atoms with Gasteiger partial charge in [-0.3, -0.25) is 0 Å². The molecule has 28 heavy (non-hydrogen) atoms. The van der Waals surface area contributed by atoms with Crippen LogP contribution in [0.3, 0.4) is 0 Å². The lowest BCUT2D eigenvalue weighted by molar-refractivity contribution is 0.575. The number of benzene rings is 3. The molecule has 0 unspecified atom stereocenters. The molecule has 0 atom stereocenters. The lowest BCUT2D eigenvalue weighted by Crippen LogP contribution is -1.86. The van der Waals surface area contributed by atoms with Crippen molar-refractivity contribution in [3.8, 4) is 22.3 Å². The molecule has 0 aliphatic rings. The molecule has 2 heterocycles. The molecule has 2 nitrogen and oxygen atoms in total. The average Bonchev–Trinajstić information content (AvgIpc) is 2.72. The highest BCUT2D eigenvalue weighted by atomic mass is 32.1. The Morgan fingerprint density at radius 2 is 0.929 bits per heavy atom. The fraction of sp³-hybridized carbons (Fsp3) is 0. The first-order valence-electron chi connectivity index (χ1n) is 8.86. The molecule has 0 saturated heterocycles. The van der Waals surface area contributed by atoms with Crippen LogP contribution in [0.5, 0.6) is 0 Å².